The van der Waals surface area contributed by atoms with Crippen molar-refractivity contribution in [1.82, 2.24) is 0 Å². The summed E-state index contributed by atoms with van der Waals surface area (Å²) in [6, 6.07) is 50.0. The second kappa shape index (κ2) is 11.7. The van der Waals surface area contributed by atoms with Crippen molar-refractivity contribution in [1.29, 1.82) is 0 Å². The zero-order valence-electron chi connectivity index (χ0n) is 21.7. The molecule has 0 aliphatic heterocycles. The normalized spacial score (nSPS) is 14.5. The van der Waals surface area contributed by atoms with E-state index in [0.717, 1.165) is 0 Å². The van der Waals surface area contributed by atoms with Crippen LogP contribution in [0.2, 0.25) is 0 Å². The predicted molar refractivity (Wildman–Crippen MR) is 153 cm³/mol. The maximum absolute atomic E-state index is 2.67. The van der Waals surface area contributed by atoms with Crippen LogP contribution in [0.4, 0.5) is 0 Å². The Morgan fingerprint density at radius 3 is 1.41 bits per heavy atom. The molecule has 0 saturated carbocycles. The van der Waals surface area contributed by atoms with Gasteiger partial charge in [-0.25, -0.2) is 0 Å². The smallest absolute Gasteiger partial charge is 1.00 e. The van der Waals surface area contributed by atoms with Crippen LogP contribution in [-0.4, -0.2) is 3.21 Å². The Morgan fingerprint density at radius 1 is 0.487 bits per heavy atom. The number of benzene rings is 5. The van der Waals surface area contributed by atoms with E-state index in [1.165, 1.54) is 50.1 Å². The molecule has 5 aromatic rings. The van der Waals surface area contributed by atoms with Crippen LogP contribution in [0.15, 0.2) is 140 Å². The van der Waals surface area contributed by atoms with Gasteiger partial charge in [0.1, 0.15) is 0 Å². The SMILES string of the molecule is CC1=C[CH]([Zr+2](=[C](c2ccccc2)c2ccccc2)[CH]2c3ccccc3-c3ccccc32)c2ccccc21.[Cl-].[Cl-]. The van der Waals surface area contributed by atoms with Crippen LogP contribution in [0.5, 0.6) is 0 Å². The first-order valence-electron chi connectivity index (χ1n) is 13.1. The van der Waals surface area contributed by atoms with E-state index < -0.39 is 21.3 Å². The van der Waals surface area contributed by atoms with Gasteiger partial charge in [-0.15, -0.1) is 0 Å². The fraction of sp³-hybridized carbons (Fsp3) is 0.0833. The average molecular weight is 623 g/mol. The monoisotopic (exact) mass is 620 g/mol. The number of rotatable bonds is 4. The number of fused-ring (bicyclic) bond motifs is 4. The molecular formula is C36H28Cl2Zr. The number of halogens is 2. The maximum atomic E-state index is 2.62. The van der Waals surface area contributed by atoms with Crippen molar-refractivity contribution in [3.63, 3.8) is 0 Å². The Kier molecular flexibility index (Phi) is 8.34. The molecule has 5 aromatic carbocycles. The minimum Gasteiger partial charge on any atom is -1.00 e. The third-order valence-electron chi connectivity index (χ3n) is 8.03. The molecule has 0 spiro atoms. The summed E-state index contributed by atoms with van der Waals surface area (Å²) in [5.74, 6) is 0. The third-order valence-corrected chi connectivity index (χ3v) is 16.7. The van der Waals surface area contributed by atoms with E-state index in [9.17, 15) is 0 Å². The summed E-state index contributed by atoms with van der Waals surface area (Å²) in [7, 11) is 0. The van der Waals surface area contributed by atoms with E-state index in [1.807, 2.05) is 0 Å². The zero-order valence-corrected chi connectivity index (χ0v) is 25.7. The molecule has 1 unspecified atom stereocenters. The molecule has 1 atom stereocenters. The summed E-state index contributed by atoms with van der Waals surface area (Å²) in [5.41, 5.74) is 13.1. The van der Waals surface area contributed by atoms with Gasteiger partial charge in [0.05, 0.1) is 0 Å². The average Bonchev–Trinajstić information content (AvgIpc) is 3.48. The molecule has 39 heavy (non-hydrogen) atoms. The van der Waals surface area contributed by atoms with Gasteiger partial charge in [0.2, 0.25) is 0 Å². The van der Waals surface area contributed by atoms with Gasteiger partial charge in [-0.1, -0.05) is 0 Å². The summed E-state index contributed by atoms with van der Waals surface area (Å²) in [6.07, 6.45) is 2.62. The van der Waals surface area contributed by atoms with Gasteiger partial charge in [-0.3, -0.25) is 0 Å². The number of hydrogen-bond donors (Lipinski definition) is 0. The van der Waals surface area contributed by atoms with Crippen molar-refractivity contribution in [3.05, 3.63) is 173 Å². The largest absolute Gasteiger partial charge is 1.00 e. The van der Waals surface area contributed by atoms with Gasteiger partial charge in [0.25, 0.3) is 0 Å². The standard InChI is InChI=1S/C13H9.C13H10.C10H9.2ClH.Zr/c1-3-7-12-10(5-1)9-11-6-2-4-8-13(11)12;1-3-7-12(8-4-1)11-13-9-5-2-6-10-13;1-8-6-7-9-4-2-3-5-10(8)9;;;/h1-9H;1-10H;2-7H,1H3;2*1H;/q;;;;;+2/p-2. The summed E-state index contributed by atoms with van der Waals surface area (Å²) >= 11 is -2.67. The van der Waals surface area contributed by atoms with Crippen LogP contribution >= 0.6 is 0 Å². The maximum Gasteiger partial charge on any atom is -1.00 e. The van der Waals surface area contributed by atoms with Crippen molar-refractivity contribution in [3.8, 4) is 11.1 Å². The summed E-state index contributed by atoms with van der Waals surface area (Å²) < 4.78 is 2.54. The third kappa shape index (κ3) is 4.76. The fourth-order valence-corrected chi connectivity index (χ4v) is 16.7. The molecular weight excluding hydrogens is 595 g/mol. The van der Waals surface area contributed by atoms with Crippen molar-refractivity contribution in [2.75, 3.05) is 0 Å². The predicted octanol–water partition coefficient (Wildman–Crippen LogP) is 2.81. The fourth-order valence-electron chi connectivity index (χ4n) is 6.49. The molecule has 0 heterocycles. The quantitative estimate of drug-likeness (QED) is 0.290. The Balaban J connectivity index is 0.00000154. The Bertz CT molecular complexity index is 1600. The minimum atomic E-state index is -2.67. The number of hydrogen-bond acceptors (Lipinski definition) is 0. The van der Waals surface area contributed by atoms with Crippen molar-refractivity contribution < 1.29 is 46.1 Å². The van der Waals surface area contributed by atoms with Gasteiger partial charge in [-0.2, -0.15) is 0 Å². The molecule has 2 aliphatic rings. The summed E-state index contributed by atoms with van der Waals surface area (Å²) in [4.78, 5) is 0. The van der Waals surface area contributed by atoms with Gasteiger partial charge >= 0.3 is 228 Å². The van der Waals surface area contributed by atoms with Crippen molar-refractivity contribution >= 4 is 8.78 Å². The molecule has 190 valence electrons. The molecule has 7 rings (SSSR count). The van der Waals surface area contributed by atoms with Crippen molar-refractivity contribution in [2.45, 2.75) is 14.2 Å². The van der Waals surface area contributed by atoms with Gasteiger partial charge in [0, 0.05) is 0 Å². The Morgan fingerprint density at radius 2 is 0.897 bits per heavy atom. The second-order valence-electron chi connectivity index (χ2n) is 10.1. The molecule has 0 saturated heterocycles. The van der Waals surface area contributed by atoms with E-state index in [-0.39, 0.29) is 24.8 Å². The van der Waals surface area contributed by atoms with Crippen LogP contribution in [0.25, 0.3) is 16.7 Å². The Hall–Kier alpha value is -2.83. The van der Waals surface area contributed by atoms with Crippen LogP contribution < -0.4 is 24.8 Å². The van der Waals surface area contributed by atoms with Crippen LogP contribution in [0.1, 0.15) is 47.6 Å². The summed E-state index contributed by atoms with van der Waals surface area (Å²) in [6.45, 7) is 2.31. The van der Waals surface area contributed by atoms with Crippen LogP contribution in [0.3, 0.4) is 0 Å². The van der Waals surface area contributed by atoms with Crippen LogP contribution in [-0.2, 0) is 21.3 Å². The van der Waals surface area contributed by atoms with E-state index >= 15 is 0 Å². The van der Waals surface area contributed by atoms with Gasteiger partial charge < -0.3 is 24.8 Å². The van der Waals surface area contributed by atoms with Crippen molar-refractivity contribution in [2.24, 2.45) is 0 Å². The minimum absolute atomic E-state index is 0. The topological polar surface area (TPSA) is 0 Å². The zero-order chi connectivity index (χ0) is 24.8. The first-order valence-corrected chi connectivity index (χ1v) is 17.2. The molecule has 0 fully saturated rings. The van der Waals surface area contributed by atoms with E-state index in [1.54, 1.807) is 3.21 Å². The van der Waals surface area contributed by atoms with Gasteiger partial charge in [0.15, 0.2) is 0 Å². The summed E-state index contributed by atoms with van der Waals surface area (Å²) in [5, 5.41) is 0. The van der Waals surface area contributed by atoms with E-state index in [0.29, 0.717) is 7.25 Å². The molecule has 0 nitrogen and oxygen atoms in total. The van der Waals surface area contributed by atoms with Crippen LogP contribution in [0, 0.1) is 0 Å². The molecule has 0 amide bonds. The first kappa shape index (κ1) is 27.7. The molecule has 3 heteroatoms. The molecule has 0 aromatic heterocycles. The molecule has 0 radical (unpaired) electrons. The molecule has 0 N–H and O–H groups in total. The van der Waals surface area contributed by atoms with E-state index in [4.69, 9.17) is 0 Å². The Labute approximate surface area is 251 Å². The van der Waals surface area contributed by atoms with E-state index in [2.05, 4.69) is 146 Å². The molecule has 0 bridgehead atoms. The first-order chi connectivity index (χ1) is 18.3. The second-order valence-corrected chi connectivity index (χ2v) is 16.5. The molecule has 2 aliphatic carbocycles. The number of allylic oxidation sites excluding steroid dienone is 2. The van der Waals surface area contributed by atoms with Gasteiger partial charge in [-0.05, 0) is 0 Å².